The van der Waals surface area contributed by atoms with Crippen molar-refractivity contribution in [1.29, 1.82) is 0 Å². The molecular formula is C11H19NO6S. The van der Waals surface area contributed by atoms with Crippen LogP contribution in [0.4, 0.5) is 0 Å². The Morgan fingerprint density at radius 3 is 2.21 bits per heavy atom. The highest BCUT2D eigenvalue weighted by Crippen LogP contribution is 2.38. The van der Waals surface area contributed by atoms with Crippen LogP contribution in [0.1, 0.15) is 20.8 Å². The first kappa shape index (κ1) is 15.9. The minimum absolute atomic E-state index is 0.292. The van der Waals surface area contributed by atoms with Crippen LogP contribution in [0, 0.1) is 5.92 Å². The molecule has 0 aliphatic carbocycles. The molecule has 19 heavy (non-hydrogen) atoms. The van der Waals surface area contributed by atoms with E-state index in [0.717, 1.165) is 6.26 Å². The van der Waals surface area contributed by atoms with Gasteiger partial charge in [-0.15, -0.1) is 4.28 Å². The van der Waals surface area contributed by atoms with Gasteiger partial charge in [0.15, 0.2) is 5.60 Å². The Kier molecular flexibility index (Phi) is 4.28. The molecule has 0 spiro atoms. The first-order valence-corrected chi connectivity index (χ1v) is 7.44. The molecule has 7 nitrogen and oxygen atoms in total. The molecule has 0 aromatic rings. The highest BCUT2D eigenvalue weighted by atomic mass is 32.2. The van der Waals surface area contributed by atoms with Crippen molar-refractivity contribution in [3.8, 4) is 0 Å². The van der Waals surface area contributed by atoms with E-state index in [0.29, 0.717) is 16.5 Å². The molecule has 0 radical (unpaired) electrons. The third kappa shape index (κ3) is 2.75. The molecule has 0 saturated heterocycles. The van der Waals surface area contributed by atoms with Crippen LogP contribution in [-0.4, -0.2) is 45.5 Å². The molecule has 1 heterocycles. The van der Waals surface area contributed by atoms with Crippen molar-refractivity contribution in [2.45, 2.75) is 26.4 Å². The number of hydrogen-bond donors (Lipinski definition) is 0. The number of nitrogens with zero attached hydrogens (tertiary/aromatic N) is 1. The van der Waals surface area contributed by atoms with E-state index in [1.165, 1.54) is 14.2 Å². The summed E-state index contributed by atoms with van der Waals surface area (Å²) in [6.07, 6.45) is 0.863. The molecule has 2 atom stereocenters. The lowest BCUT2D eigenvalue weighted by molar-refractivity contribution is -0.184. The summed E-state index contributed by atoms with van der Waals surface area (Å²) >= 11 is 0. The maximum Gasteiger partial charge on any atom is 0.285 e. The van der Waals surface area contributed by atoms with E-state index in [1.54, 1.807) is 20.8 Å². The molecule has 0 bridgehead atoms. The van der Waals surface area contributed by atoms with Crippen molar-refractivity contribution >= 4 is 16.0 Å². The fourth-order valence-electron chi connectivity index (χ4n) is 2.02. The highest BCUT2D eigenvalue weighted by Gasteiger charge is 2.51. The zero-order valence-corrected chi connectivity index (χ0v) is 12.7. The number of allylic oxidation sites excluding steroid dienone is 1. The number of carbonyl (C=O) groups excluding carboxylic acids is 1. The van der Waals surface area contributed by atoms with E-state index < -0.39 is 21.6 Å². The van der Waals surface area contributed by atoms with E-state index >= 15 is 0 Å². The van der Waals surface area contributed by atoms with Gasteiger partial charge in [-0.25, -0.2) is 0 Å². The lowest BCUT2D eigenvalue weighted by atomic mass is 9.84. The van der Waals surface area contributed by atoms with Gasteiger partial charge in [0.1, 0.15) is 5.76 Å². The van der Waals surface area contributed by atoms with Crippen LogP contribution in [0.3, 0.4) is 0 Å². The van der Waals surface area contributed by atoms with Crippen LogP contribution in [-0.2, 0) is 28.7 Å². The van der Waals surface area contributed by atoms with E-state index in [-0.39, 0.29) is 5.92 Å². The van der Waals surface area contributed by atoms with Crippen molar-refractivity contribution in [3.63, 3.8) is 0 Å². The van der Waals surface area contributed by atoms with Gasteiger partial charge in [-0.2, -0.15) is 13.5 Å². The zero-order chi connectivity index (χ0) is 15.0. The van der Waals surface area contributed by atoms with Crippen LogP contribution in [0.5, 0.6) is 0 Å². The fraction of sp³-hybridized carbons (Fsp3) is 0.727. The molecule has 0 fully saturated rings. The Hall–Kier alpha value is -1.12. The lowest BCUT2D eigenvalue weighted by Gasteiger charge is -2.41. The van der Waals surface area contributed by atoms with E-state index in [9.17, 15) is 13.2 Å². The topological polar surface area (TPSA) is 82.1 Å². The van der Waals surface area contributed by atoms with Crippen molar-refractivity contribution < 1.29 is 27.0 Å². The number of rotatable bonds is 4. The molecular weight excluding hydrogens is 274 g/mol. The maximum atomic E-state index is 12.4. The van der Waals surface area contributed by atoms with E-state index in [1.807, 2.05) is 0 Å². The van der Waals surface area contributed by atoms with Crippen LogP contribution in [0.2, 0.25) is 0 Å². The molecule has 2 unspecified atom stereocenters. The van der Waals surface area contributed by atoms with Crippen LogP contribution < -0.4 is 0 Å². The number of carbonyl (C=O) groups is 1. The summed E-state index contributed by atoms with van der Waals surface area (Å²) in [4.78, 5) is 12.4. The van der Waals surface area contributed by atoms with Crippen molar-refractivity contribution in [3.05, 3.63) is 11.5 Å². The molecule has 0 aromatic carbocycles. The third-order valence-electron chi connectivity index (χ3n) is 3.34. The number of amides is 1. The monoisotopic (exact) mass is 293 g/mol. The second-order valence-corrected chi connectivity index (χ2v) is 6.12. The zero-order valence-electron chi connectivity index (χ0n) is 11.9. The number of hydrogen-bond acceptors (Lipinski definition) is 6. The largest absolute Gasteiger partial charge is 0.499 e. The van der Waals surface area contributed by atoms with Gasteiger partial charge in [0.2, 0.25) is 0 Å². The van der Waals surface area contributed by atoms with E-state index in [4.69, 9.17) is 13.8 Å². The summed E-state index contributed by atoms with van der Waals surface area (Å²) in [5, 5.41) is 0.706. The number of methoxy groups -OCH3 is 2. The van der Waals surface area contributed by atoms with Gasteiger partial charge in [-0.05, 0) is 13.8 Å². The van der Waals surface area contributed by atoms with Gasteiger partial charge in [-0.3, -0.25) is 4.79 Å². The normalized spacial score (nSPS) is 28.8. The average Bonchev–Trinajstić information content (AvgIpc) is 2.32. The molecule has 1 aliphatic heterocycles. The minimum atomic E-state index is -3.84. The molecule has 0 aromatic heterocycles. The van der Waals surface area contributed by atoms with Gasteiger partial charge in [-0.1, -0.05) is 6.92 Å². The summed E-state index contributed by atoms with van der Waals surface area (Å²) in [7, 11) is -1.02. The molecule has 1 aliphatic rings. The fourth-order valence-corrected chi connectivity index (χ4v) is 2.47. The van der Waals surface area contributed by atoms with Gasteiger partial charge in [0.05, 0.1) is 25.0 Å². The first-order chi connectivity index (χ1) is 8.58. The van der Waals surface area contributed by atoms with Crippen molar-refractivity contribution in [2.24, 2.45) is 5.92 Å². The van der Waals surface area contributed by atoms with Crippen LogP contribution in [0.15, 0.2) is 11.5 Å². The predicted molar refractivity (Wildman–Crippen MR) is 67.1 cm³/mol. The summed E-state index contributed by atoms with van der Waals surface area (Å²) in [5.74, 6) is -0.520. The van der Waals surface area contributed by atoms with E-state index in [2.05, 4.69) is 0 Å². The summed E-state index contributed by atoms with van der Waals surface area (Å²) < 4.78 is 37.7. The maximum absolute atomic E-state index is 12.4. The molecule has 8 heteroatoms. The van der Waals surface area contributed by atoms with Gasteiger partial charge >= 0.3 is 0 Å². The summed E-state index contributed by atoms with van der Waals surface area (Å²) in [6, 6.07) is 0. The Bertz CT molecular complexity index is 511. The molecule has 1 amide bonds. The second-order valence-electron chi connectivity index (χ2n) is 4.56. The number of ether oxygens (including phenoxy) is 2. The SMILES string of the molecule is COC1=C(C)N(OS(C)(=O)=O)C(=O)C(C)(OC)C1C. The van der Waals surface area contributed by atoms with Crippen molar-refractivity contribution in [2.75, 3.05) is 20.5 Å². The van der Waals surface area contributed by atoms with Crippen LogP contribution in [0.25, 0.3) is 0 Å². The average molecular weight is 293 g/mol. The predicted octanol–water partition coefficient (Wildman–Crippen LogP) is 0.639. The smallest absolute Gasteiger partial charge is 0.285 e. The Morgan fingerprint density at radius 2 is 1.84 bits per heavy atom. The van der Waals surface area contributed by atoms with Gasteiger partial charge in [0, 0.05) is 7.11 Å². The molecule has 1 rings (SSSR count). The van der Waals surface area contributed by atoms with Crippen molar-refractivity contribution in [1.82, 2.24) is 5.06 Å². The highest BCUT2D eigenvalue weighted by molar-refractivity contribution is 7.85. The third-order valence-corrected chi connectivity index (χ3v) is 3.76. The minimum Gasteiger partial charge on any atom is -0.499 e. The Labute approximate surface area is 113 Å². The lowest BCUT2D eigenvalue weighted by Crippen LogP contribution is -2.56. The molecule has 0 N–H and O–H groups in total. The molecule has 110 valence electrons. The van der Waals surface area contributed by atoms with Gasteiger partial charge < -0.3 is 9.47 Å². The number of hydroxylamine groups is 2. The standard InChI is InChI=1S/C11H19NO6S/c1-7-9(16-4)8(2)12(18-19(6,14)15)10(13)11(7,3)17-5/h7H,1-6H3. The summed E-state index contributed by atoms with van der Waals surface area (Å²) in [5.41, 5.74) is -0.963. The molecule has 0 saturated carbocycles. The van der Waals surface area contributed by atoms with Crippen LogP contribution >= 0.6 is 0 Å². The Balaban J connectivity index is 3.38. The van der Waals surface area contributed by atoms with Gasteiger partial charge in [0.25, 0.3) is 16.0 Å². The quantitative estimate of drug-likeness (QED) is 0.756. The Morgan fingerprint density at radius 1 is 1.32 bits per heavy atom. The first-order valence-electron chi connectivity index (χ1n) is 5.62. The summed E-state index contributed by atoms with van der Waals surface area (Å²) in [6.45, 7) is 4.87. The second kappa shape index (κ2) is 5.10.